The molecule has 19 heavy (non-hydrogen) atoms. The van der Waals surface area contributed by atoms with Gasteiger partial charge < -0.3 is 15.1 Å². The first kappa shape index (κ1) is 12.5. The van der Waals surface area contributed by atoms with E-state index in [2.05, 4.69) is 34.6 Å². The number of nitrogens with one attached hydrogen (secondary N) is 1. The molecular weight excluding hydrogens is 238 g/mol. The van der Waals surface area contributed by atoms with Crippen LogP contribution in [0.15, 0.2) is 29.4 Å². The van der Waals surface area contributed by atoms with E-state index >= 15 is 0 Å². The third-order valence-electron chi connectivity index (χ3n) is 3.99. The van der Waals surface area contributed by atoms with Crippen molar-refractivity contribution in [2.75, 3.05) is 26.7 Å². The number of fused-ring (bicyclic) bond motifs is 1. The highest BCUT2D eigenvalue weighted by atomic mass is 16.5. The third-order valence-corrected chi connectivity index (χ3v) is 3.99. The molecule has 2 aliphatic heterocycles. The van der Waals surface area contributed by atoms with E-state index in [4.69, 9.17) is 4.74 Å². The fourth-order valence-corrected chi connectivity index (χ4v) is 3.01. The Balaban J connectivity index is 1.87. The van der Waals surface area contributed by atoms with Crippen molar-refractivity contribution in [3.8, 4) is 5.75 Å². The van der Waals surface area contributed by atoms with Gasteiger partial charge in [0.15, 0.2) is 0 Å². The van der Waals surface area contributed by atoms with E-state index in [0.717, 1.165) is 25.3 Å². The molecule has 1 aromatic rings. The van der Waals surface area contributed by atoms with Crippen molar-refractivity contribution in [1.82, 2.24) is 10.3 Å². The lowest BCUT2D eigenvalue weighted by atomic mass is 9.86. The number of likely N-dealkylation sites (tertiary alicyclic amines) is 1. The summed E-state index contributed by atoms with van der Waals surface area (Å²) >= 11 is 0. The molecule has 102 valence electrons. The molecule has 3 rings (SSSR count). The molecule has 1 fully saturated rings. The van der Waals surface area contributed by atoms with Crippen LogP contribution >= 0.6 is 0 Å². The number of para-hydroxylation sites is 1. The number of hydrazone groups is 1. The van der Waals surface area contributed by atoms with Gasteiger partial charge in [-0.1, -0.05) is 18.2 Å². The summed E-state index contributed by atoms with van der Waals surface area (Å²) in [6, 6.07) is 8.55. The first-order valence-corrected chi connectivity index (χ1v) is 7.02. The van der Waals surface area contributed by atoms with Gasteiger partial charge in [0.1, 0.15) is 5.75 Å². The number of ether oxygens (including phenoxy) is 1. The average Bonchev–Trinajstić information content (AvgIpc) is 2.82. The molecule has 0 saturated carbocycles. The Labute approximate surface area is 114 Å². The van der Waals surface area contributed by atoms with Gasteiger partial charge in [0.25, 0.3) is 0 Å². The fraction of sp³-hybridized carbons (Fsp3) is 0.533. The number of benzene rings is 1. The van der Waals surface area contributed by atoms with Gasteiger partial charge >= 0.3 is 0 Å². The zero-order valence-electron chi connectivity index (χ0n) is 11.6. The topological polar surface area (TPSA) is 36.9 Å². The van der Waals surface area contributed by atoms with E-state index in [9.17, 15) is 0 Å². The maximum Gasteiger partial charge on any atom is 0.124 e. The average molecular weight is 259 g/mol. The van der Waals surface area contributed by atoms with Crippen LogP contribution in [0.5, 0.6) is 5.75 Å². The molecule has 0 radical (unpaired) electrons. The Bertz CT molecular complexity index is 486. The summed E-state index contributed by atoms with van der Waals surface area (Å²) in [6.07, 6.45) is 1.07. The predicted octanol–water partition coefficient (Wildman–Crippen LogP) is 2.04. The third kappa shape index (κ3) is 2.32. The van der Waals surface area contributed by atoms with Gasteiger partial charge in [0, 0.05) is 36.7 Å². The van der Waals surface area contributed by atoms with Gasteiger partial charge in [-0.2, -0.15) is 5.10 Å². The monoisotopic (exact) mass is 259 g/mol. The molecule has 0 spiro atoms. The van der Waals surface area contributed by atoms with E-state index in [0.29, 0.717) is 12.5 Å². The Kier molecular flexibility index (Phi) is 3.42. The van der Waals surface area contributed by atoms with Gasteiger partial charge in [-0.3, -0.25) is 0 Å². The summed E-state index contributed by atoms with van der Waals surface area (Å²) in [4.78, 5) is 2.38. The number of hydrogen-bond donors (Lipinski definition) is 1. The number of piperidine rings is 1. The fourth-order valence-electron chi connectivity index (χ4n) is 3.01. The number of hydrogen-bond acceptors (Lipinski definition) is 4. The lowest BCUT2D eigenvalue weighted by Crippen LogP contribution is -2.39. The summed E-state index contributed by atoms with van der Waals surface area (Å²) in [5.41, 5.74) is 5.86. The molecule has 1 aromatic carbocycles. The Morgan fingerprint density at radius 3 is 3.11 bits per heavy atom. The Hall–Kier alpha value is -1.55. The van der Waals surface area contributed by atoms with Gasteiger partial charge in [0.2, 0.25) is 0 Å². The molecule has 2 atom stereocenters. The van der Waals surface area contributed by atoms with Crippen LogP contribution in [0, 0.1) is 5.92 Å². The highest BCUT2D eigenvalue weighted by Crippen LogP contribution is 2.36. The Morgan fingerprint density at radius 1 is 1.42 bits per heavy atom. The first-order chi connectivity index (χ1) is 9.29. The molecule has 0 amide bonds. The van der Waals surface area contributed by atoms with E-state index in [1.165, 1.54) is 11.3 Å². The van der Waals surface area contributed by atoms with Crippen molar-refractivity contribution in [3.63, 3.8) is 0 Å². The molecule has 4 heteroatoms. The molecule has 0 aromatic heterocycles. The quantitative estimate of drug-likeness (QED) is 0.902. The van der Waals surface area contributed by atoms with E-state index in [1.54, 1.807) is 0 Å². The molecular formula is C15H21N3O. The summed E-state index contributed by atoms with van der Waals surface area (Å²) in [6.45, 7) is 4.89. The summed E-state index contributed by atoms with van der Waals surface area (Å²) in [7, 11) is 2.18. The van der Waals surface area contributed by atoms with Crippen molar-refractivity contribution < 1.29 is 4.74 Å². The predicted molar refractivity (Wildman–Crippen MR) is 76.5 cm³/mol. The van der Waals surface area contributed by atoms with Gasteiger partial charge in [0.05, 0.1) is 12.6 Å². The maximum atomic E-state index is 5.75. The molecule has 4 nitrogen and oxygen atoms in total. The molecule has 1 N–H and O–H groups in total. The normalized spacial score (nSPS) is 26.5. The van der Waals surface area contributed by atoms with Crippen molar-refractivity contribution in [2.24, 2.45) is 11.0 Å². The van der Waals surface area contributed by atoms with Crippen LogP contribution in [-0.2, 0) is 0 Å². The van der Waals surface area contributed by atoms with E-state index in [1.807, 2.05) is 19.1 Å². The SMILES string of the molecule is CCOc1ccccc1C1NN=C2CCN(C)CC21. The van der Waals surface area contributed by atoms with Crippen LogP contribution in [0.3, 0.4) is 0 Å². The summed E-state index contributed by atoms with van der Waals surface area (Å²) in [5.74, 6) is 1.45. The molecule has 2 unspecified atom stereocenters. The van der Waals surface area contributed by atoms with Crippen LogP contribution in [0.2, 0.25) is 0 Å². The van der Waals surface area contributed by atoms with Crippen molar-refractivity contribution in [2.45, 2.75) is 19.4 Å². The zero-order chi connectivity index (χ0) is 13.2. The van der Waals surface area contributed by atoms with Gasteiger partial charge in [-0.25, -0.2) is 0 Å². The molecule has 2 heterocycles. The molecule has 0 bridgehead atoms. The molecule has 2 aliphatic rings. The summed E-state index contributed by atoms with van der Waals surface area (Å²) < 4.78 is 5.75. The maximum absolute atomic E-state index is 5.75. The highest BCUT2D eigenvalue weighted by Gasteiger charge is 2.37. The van der Waals surface area contributed by atoms with Crippen LogP contribution in [0.1, 0.15) is 24.9 Å². The molecule has 1 saturated heterocycles. The van der Waals surface area contributed by atoms with Crippen LogP contribution in [0.25, 0.3) is 0 Å². The number of rotatable bonds is 3. The van der Waals surface area contributed by atoms with Crippen molar-refractivity contribution in [3.05, 3.63) is 29.8 Å². The second kappa shape index (κ2) is 5.21. The van der Waals surface area contributed by atoms with Gasteiger partial charge in [-0.15, -0.1) is 0 Å². The van der Waals surface area contributed by atoms with E-state index < -0.39 is 0 Å². The second-order valence-corrected chi connectivity index (χ2v) is 5.30. The van der Waals surface area contributed by atoms with E-state index in [-0.39, 0.29) is 6.04 Å². The highest BCUT2D eigenvalue weighted by molar-refractivity contribution is 5.90. The van der Waals surface area contributed by atoms with Crippen LogP contribution in [-0.4, -0.2) is 37.4 Å². The van der Waals surface area contributed by atoms with Crippen LogP contribution < -0.4 is 10.2 Å². The van der Waals surface area contributed by atoms with Crippen molar-refractivity contribution >= 4 is 5.71 Å². The zero-order valence-corrected chi connectivity index (χ0v) is 11.6. The molecule has 0 aliphatic carbocycles. The lowest BCUT2D eigenvalue weighted by Gasteiger charge is -2.31. The van der Waals surface area contributed by atoms with Gasteiger partial charge in [-0.05, 0) is 20.0 Å². The largest absolute Gasteiger partial charge is 0.494 e. The standard InChI is InChI=1S/C15H21N3O/c1-3-19-14-7-5-4-6-11(14)15-12-10-18(2)9-8-13(12)16-17-15/h4-7,12,15,17H,3,8-10H2,1-2H3. The number of nitrogens with zero attached hydrogens (tertiary/aromatic N) is 2. The summed E-state index contributed by atoms with van der Waals surface area (Å²) in [5, 5.41) is 4.54. The smallest absolute Gasteiger partial charge is 0.124 e. The first-order valence-electron chi connectivity index (χ1n) is 7.02. The van der Waals surface area contributed by atoms with Crippen LogP contribution in [0.4, 0.5) is 0 Å². The minimum atomic E-state index is 0.250. The minimum absolute atomic E-state index is 0.250. The Morgan fingerprint density at radius 2 is 2.26 bits per heavy atom. The second-order valence-electron chi connectivity index (χ2n) is 5.30. The minimum Gasteiger partial charge on any atom is -0.494 e. The van der Waals surface area contributed by atoms with Crippen molar-refractivity contribution in [1.29, 1.82) is 0 Å². The lowest BCUT2D eigenvalue weighted by molar-refractivity contribution is 0.267.